The molecule has 0 bridgehead atoms. The van der Waals surface area contributed by atoms with Gasteiger partial charge in [0.1, 0.15) is 17.2 Å². The lowest BCUT2D eigenvalue weighted by Gasteiger charge is -2.16. The van der Waals surface area contributed by atoms with Gasteiger partial charge in [-0.1, -0.05) is 51.1 Å². The average molecular weight is 450 g/mol. The van der Waals surface area contributed by atoms with Gasteiger partial charge in [0.05, 0.1) is 30.8 Å². The molecule has 0 spiro atoms. The molecule has 2 aromatic carbocycles. The zero-order chi connectivity index (χ0) is 23.8. The number of para-hydroxylation sites is 2. The lowest BCUT2D eigenvalue weighted by atomic mass is 9.92. The molecule has 0 radical (unpaired) electrons. The maximum Gasteiger partial charge on any atom is 0.228 e. The number of oxazole rings is 1. The summed E-state index contributed by atoms with van der Waals surface area (Å²) in [5.74, 6) is 1.54. The summed E-state index contributed by atoms with van der Waals surface area (Å²) in [7, 11) is 0. The van der Waals surface area contributed by atoms with E-state index >= 15 is 0 Å². The highest BCUT2D eigenvalue weighted by atomic mass is 16.5. The minimum absolute atomic E-state index is 0.0307. The summed E-state index contributed by atoms with van der Waals surface area (Å²) in [5.41, 5.74) is 1.85. The first-order valence-corrected chi connectivity index (χ1v) is 11.0. The van der Waals surface area contributed by atoms with Gasteiger partial charge in [0, 0.05) is 6.42 Å². The van der Waals surface area contributed by atoms with Gasteiger partial charge in [-0.15, -0.1) is 0 Å². The highest BCUT2D eigenvalue weighted by molar-refractivity contribution is 5.94. The quantitative estimate of drug-likeness (QED) is 0.473. The first-order chi connectivity index (χ1) is 15.7. The molecule has 2 N–H and O–H groups in total. The monoisotopic (exact) mass is 449 g/mol. The molecule has 3 aromatic rings. The Morgan fingerprint density at radius 2 is 1.70 bits per heavy atom. The Hall–Kier alpha value is -3.61. The van der Waals surface area contributed by atoms with E-state index in [4.69, 9.17) is 9.15 Å². The fourth-order valence-electron chi connectivity index (χ4n) is 3.20. The molecule has 0 aliphatic heterocycles. The van der Waals surface area contributed by atoms with Crippen molar-refractivity contribution in [1.29, 1.82) is 0 Å². The van der Waals surface area contributed by atoms with Crippen molar-refractivity contribution in [2.75, 3.05) is 11.9 Å². The third-order valence-corrected chi connectivity index (χ3v) is 4.81. The van der Waals surface area contributed by atoms with E-state index in [1.54, 1.807) is 6.07 Å². The van der Waals surface area contributed by atoms with Crippen molar-refractivity contribution in [1.82, 2.24) is 10.3 Å². The highest BCUT2D eigenvalue weighted by Crippen LogP contribution is 2.29. The van der Waals surface area contributed by atoms with Crippen LogP contribution in [0.15, 0.2) is 59.0 Å². The van der Waals surface area contributed by atoms with Crippen LogP contribution in [0, 0.1) is 12.3 Å². The minimum Gasteiger partial charge on any atom is -0.493 e. The number of amides is 2. The van der Waals surface area contributed by atoms with Crippen LogP contribution < -0.4 is 15.4 Å². The number of hydrogen-bond acceptors (Lipinski definition) is 5. The molecule has 0 fully saturated rings. The van der Waals surface area contributed by atoms with Gasteiger partial charge in [-0.3, -0.25) is 9.59 Å². The standard InChI is InChI=1S/C26H31N3O4/c1-18-22(17-27-24(31)16-26(2,3)4)29-25(33-18)20-12-8-9-13-21(20)28-23(30)14-15-32-19-10-6-5-7-11-19/h5-13H,14-17H2,1-4H3,(H,27,31)(H,28,30). The van der Waals surface area contributed by atoms with Gasteiger partial charge in [0.25, 0.3) is 0 Å². The van der Waals surface area contributed by atoms with E-state index in [-0.39, 0.29) is 36.8 Å². The zero-order valence-corrected chi connectivity index (χ0v) is 19.6. The fourth-order valence-corrected chi connectivity index (χ4v) is 3.20. The number of hydrogen-bond donors (Lipinski definition) is 2. The predicted molar refractivity (Wildman–Crippen MR) is 128 cm³/mol. The molecule has 1 aromatic heterocycles. The number of nitrogens with one attached hydrogen (secondary N) is 2. The number of benzene rings is 2. The zero-order valence-electron chi connectivity index (χ0n) is 19.6. The molecular formula is C26H31N3O4. The number of nitrogens with zero attached hydrogens (tertiary/aromatic N) is 1. The van der Waals surface area contributed by atoms with E-state index in [9.17, 15) is 9.59 Å². The molecule has 33 heavy (non-hydrogen) atoms. The third kappa shape index (κ3) is 7.49. The van der Waals surface area contributed by atoms with Crippen molar-refractivity contribution in [3.63, 3.8) is 0 Å². The lowest BCUT2D eigenvalue weighted by molar-refractivity contribution is -0.123. The fraction of sp³-hybridized carbons (Fsp3) is 0.346. The Balaban J connectivity index is 1.62. The summed E-state index contributed by atoms with van der Waals surface area (Å²) in [6.07, 6.45) is 0.637. The summed E-state index contributed by atoms with van der Waals surface area (Å²) in [5, 5.41) is 5.81. The number of rotatable bonds is 9. The first-order valence-electron chi connectivity index (χ1n) is 11.0. The highest BCUT2D eigenvalue weighted by Gasteiger charge is 2.18. The molecule has 0 saturated carbocycles. The van der Waals surface area contributed by atoms with Gasteiger partial charge in [0.15, 0.2) is 0 Å². The van der Waals surface area contributed by atoms with Crippen molar-refractivity contribution in [2.24, 2.45) is 5.41 Å². The van der Waals surface area contributed by atoms with Crippen molar-refractivity contribution in [2.45, 2.75) is 47.1 Å². The average Bonchev–Trinajstić information content (AvgIpc) is 3.12. The van der Waals surface area contributed by atoms with Crippen molar-refractivity contribution in [3.8, 4) is 17.2 Å². The minimum atomic E-state index is -0.170. The van der Waals surface area contributed by atoms with Crippen molar-refractivity contribution < 1.29 is 18.7 Å². The van der Waals surface area contributed by atoms with E-state index in [0.29, 0.717) is 35.0 Å². The van der Waals surface area contributed by atoms with Gasteiger partial charge in [-0.05, 0) is 36.6 Å². The Kier molecular flexibility index (Phi) is 7.87. The second-order valence-electron chi connectivity index (χ2n) is 9.04. The number of carbonyl (C=O) groups is 2. The molecule has 7 nitrogen and oxygen atoms in total. The van der Waals surface area contributed by atoms with E-state index in [1.165, 1.54) is 0 Å². The maximum atomic E-state index is 12.5. The lowest BCUT2D eigenvalue weighted by Crippen LogP contribution is -2.27. The molecule has 0 unspecified atom stereocenters. The number of anilines is 1. The van der Waals surface area contributed by atoms with Crippen LogP contribution in [0.25, 0.3) is 11.5 Å². The van der Waals surface area contributed by atoms with Gasteiger partial charge in [-0.2, -0.15) is 0 Å². The SMILES string of the molecule is Cc1oc(-c2ccccc2NC(=O)CCOc2ccccc2)nc1CNC(=O)CC(C)(C)C. The predicted octanol–water partition coefficient (Wildman–Crippen LogP) is 5.11. The Morgan fingerprint density at radius 3 is 2.42 bits per heavy atom. The van der Waals surface area contributed by atoms with Crippen LogP contribution in [0.3, 0.4) is 0 Å². The third-order valence-electron chi connectivity index (χ3n) is 4.81. The maximum absolute atomic E-state index is 12.5. The smallest absolute Gasteiger partial charge is 0.228 e. The van der Waals surface area contributed by atoms with Crippen LogP contribution in [-0.4, -0.2) is 23.4 Å². The first kappa shape index (κ1) is 24.0. The van der Waals surface area contributed by atoms with E-state index in [0.717, 1.165) is 5.75 Å². The van der Waals surface area contributed by atoms with Gasteiger partial charge >= 0.3 is 0 Å². The largest absolute Gasteiger partial charge is 0.493 e. The van der Waals surface area contributed by atoms with E-state index < -0.39 is 0 Å². The van der Waals surface area contributed by atoms with Crippen LogP contribution >= 0.6 is 0 Å². The molecule has 0 aliphatic carbocycles. The van der Waals surface area contributed by atoms with E-state index in [2.05, 4.69) is 15.6 Å². The molecule has 0 aliphatic rings. The van der Waals surface area contributed by atoms with Crippen LogP contribution in [0.4, 0.5) is 5.69 Å². The van der Waals surface area contributed by atoms with Crippen LogP contribution in [-0.2, 0) is 16.1 Å². The summed E-state index contributed by atoms with van der Waals surface area (Å²) in [6.45, 7) is 8.43. The van der Waals surface area contributed by atoms with Crippen LogP contribution in [0.2, 0.25) is 0 Å². The van der Waals surface area contributed by atoms with Crippen LogP contribution in [0.1, 0.15) is 45.1 Å². The molecule has 0 saturated heterocycles. The molecule has 2 amide bonds. The molecule has 0 atom stereocenters. The number of aromatic nitrogens is 1. The van der Waals surface area contributed by atoms with Crippen molar-refractivity contribution in [3.05, 3.63) is 66.1 Å². The molecule has 7 heteroatoms. The number of aryl methyl sites for hydroxylation is 1. The molecular weight excluding hydrogens is 418 g/mol. The molecule has 3 rings (SSSR count). The van der Waals surface area contributed by atoms with Gasteiger partial charge in [0.2, 0.25) is 17.7 Å². The Bertz CT molecular complexity index is 1080. The topological polar surface area (TPSA) is 93.5 Å². The summed E-state index contributed by atoms with van der Waals surface area (Å²) in [6, 6.07) is 16.7. The molecule has 1 heterocycles. The molecule has 174 valence electrons. The van der Waals surface area contributed by atoms with Gasteiger partial charge in [-0.25, -0.2) is 4.98 Å². The normalized spacial score (nSPS) is 11.2. The Morgan fingerprint density at radius 1 is 1.00 bits per heavy atom. The van der Waals surface area contributed by atoms with Crippen molar-refractivity contribution >= 4 is 17.5 Å². The second kappa shape index (κ2) is 10.8. The number of carbonyl (C=O) groups excluding carboxylic acids is 2. The summed E-state index contributed by atoms with van der Waals surface area (Å²) in [4.78, 5) is 29.2. The number of ether oxygens (including phenoxy) is 1. The van der Waals surface area contributed by atoms with Crippen LogP contribution in [0.5, 0.6) is 5.75 Å². The Labute approximate surface area is 194 Å². The summed E-state index contributed by atoms with van der Waals surface area (Å²) >= 11 is 0. The second-order valence-corrected chi connectivity index (χ2v) is 9.04. The summed E-state index contributed by atoms with van der Waals surface area (Å²) < 4.78 is 11.5. The van der Waals surface area contributed by atoms with Gasteiger partial charge < -0.3 is 19.8 Å². The van der Waals surface area contributed by atoms with E-state index in [1.807, 2.05) is 76.2 Å².